The number of piperazine rings is 1. The minimum absolute atomic E-state index is 0.253. The third kappa shape index (κ3) is 3.71. The van der Waals surface area contributed by atoms with Crippen molar-refractivity contribution in [2.24, 2.45) is 0 Å². The van der Waals surface area contributed by atoms with Crippen molar-refractivity contribution < 1.29 is 13.3 Å². The van der Waals surface area contributed by atoms with E-state index < -0.39 is 20.4 Å². The van der Waals surface area contributed by atoms with Crippen LogP contribution >= 0.6 is 11.5 Å². The highest BCUT2D eigenvalue weighted by molar-refractivity contribution is 7.90. The van der Waals surface area contributed by atoms with Gasteiger partial charge in [0.25, 0.3) is 5.69 Å². The average Bonchev–Trinajstić information content (AvgIpc) is 3.00. The Labute approximate surface area is 149 Å². The smallest absolute Gasteiger partial charge is 0.288 e. The highest BCUT2D eigenvalue weighted by Gasteiger charge is 2.25. The van der Waals surface area contributed by atoms with Crippen LogP contribution in [0.15, 0.2) is 23.1 Å². The van der Waals surface area contributed by atoms with Gasteiger partial charge in [-0.05, 0) is 19.1 Å². The summed E-state index contributed by atoms with van der Waals surface area (Å²) in [7, 11) is -3.69. The minimum atomic E-state index is -3.69. The maximum absolute atomic E-state index is 11.9. The molecule has 0 N–H and O–H groups in total. The fourth-order valence-electron chi connectivity index (χ4n) is 2.72. The zero-order chi connectivity index (χ0) is 18.2. The topological polar surface area (TPSA) is 110 Å². The number of rotatable bonds is 4. The molecule has 9 nitrogen and oxygen atoms in total. The van der Waals surface area contributed by atoms with Gasteiger partial charge in [-0.3, -0.25) is 10.1 Å². The Morgan fingerprint density at radius 1 is 1.20 bits per heavy atom. The molecule has 0 unspecified atom stereocenters. The normalized spacial score (nSPS) is 15.4. The van der Waals surface area contributed by atoms with Crippen LogP contribution < -0.4 is 9.80 Å². The van der Waals surface area contributed by atoms with Crippen molar-refractivity contribution in [3.05, 3.63) is 34.1 Å². The van der Waals surface area contributed by atoms with Crippen LogP contribution in [0.2, 0.25) is 0 Å². The first-order valence-electron chi connectivity index (χ1n) is 7.54. The van der Waals surface area contributed by atoms with Crippen LogP contribution in [0.1, 0.15) is 5.82 Å². The summed E-state index contributed by atoms with van der Waals surface area (Å²) in [4.78, 5) is 18.7. The maximum atomic E-state index is 11.9. The van der Waals surface area contributed by atoms with Gasteiger partial charge in [-0.2, -0.15) is 4.37 Å². The number of hydrogen-bond acceptors (Lipinski definition) is 9. The molecule has 2 aromatic rings. The van der Waals surface area contributed by atoms with Crippen molar-refractivity contribution in [2.75, 3.05) is 42.2 Å². The molecule has 1 aromatic heterocycles. The number of aromatic nitrogens is 2. The summed E-state index contributed by atoms with van der Waals surface area (Å²) >= 11 is 1.36. The first kappa shape index (κ1) is 17.5. The lowest BCUT2D eigenvalue weighted by atomic mass is 10.2. The quantitative estimate of drug-likeness (QED) is 0.577. The molecule has 1 aromatic carbocycles. The maximum Gasteiger partial charge on any atom is 0.288 e. The second-order valence-electron chi connectivity index (χ2n) is 5.78. The van der Waals surface area contributed by atoms with Gasteiger partial charge in [0.2, 0.25) is 5.13 Å². The van der Waals surface area contributed by atoms with Gasteiger partial charge >= 0.3 is 0 Å². The standard InChI is InChI=1S/C14H17N5O4S2/c1-10-15-14(24-16-10)18-7-5-17(6-8-18)11-3-4-12(19(20)21)13(9-11)25(2,22)23/h3-4,9H,5-8H2,1-2H3. The summed E-state index contributed by atoms with van der Waals surface area (Å²) in [6.07, 6.45) is 0.981. The van der Waals surface area contributed by atoms with Crippen molar-refractivity contribution in [3.8, 4) is 0 Å². The van der Waals surface area contributed by atoms with E-state index in [9.17, 15) is 18.5 Å². The van der Waals surface area contributed by atoms with Crippen LogP contribution in [-0.2, 0) is 9.84 Å². The van der Waals surface area contributed by atoms with E-state index in [1.165, 1.54) is 23.7 Å². The van der Waals surface area contributed by atoms with Gasteiger partial charge in [0, 0.05) is 55.7 Å². The van der Waals surface area contributed by atoms with Gasteiger partial charge in [0.05, 0.1) is 4.92 Å². The van der Waals surface area contributed by atoms with Crippen molar-refractivity contribution in [3.63, 3.8) is 0 Å². The Morgan fingerprint density at radius 2 is 1.84 bits per heavy atom. The third-order valence-electron chi connectivity index (χ3n) is 3.97. The first-order valence-corrected chi connectivity index (χ1v) is 10.2. The molecule has 1 saturated heterocycles. The minimum Gasteiger partial charge on any atom is -0.368 e. The second-order valence-corrected chi connectivity index (χ2v) is 8.49. The number of nitrogens with zero attached hydrogens (tertiary/aromatic N) is 5. The van der Waals surface area contributed by atoms with Gasteiger partial charge in [-0.25, -0.2) is 13.4 Å². The lowest BCUT2D eigenvalue weighted by molar-refractivity contribution is -0.387. The van der Waals surface area contributed by atoms with Gasteiger partial charge in [-0.1, -0.05) is 0 Å². The van der Waals surface area contributed by atoms with Crippen molar-refractivity contribution in [1.29, 1.82) is 0 Å². The van der Waals surface area contributed by atoms with Gasteiger partial charge in [0.15, 0.2) is 9.84 Å². The molecule has 2 heterocycles. The summed E-state index contributed by atoms with van der Waals surface area (Å²) in [6, 6.07) is 4.24. The average molecular weight is 383 g/mol. The van der Waals surface area contributed by atoms with E-state index in [1.54, 1.807) is 6.07 Å². The van der Waals surface area contributed by atoms with Crippen LogP contribution in [0.5, 0.6) is 0 Å². The molecule has 1 aliphatic heterocycles. The lowest BCUT2D eigenvalue weighted by Crippen LogP contribution is -2.46. The van der Waals surface area contributed by atoms with Crippen LogP contribution in [0.3, 0.4) is 0 Å². The fraction of sp³-hybridized carbons (Fsp3) is 0.429. The van der Waals surface area contributed by atoms with Crippen LogP contribution in [0, 0.1) is 17.0 Å². The summed E-state index contributed by atoms with van der Waals surface area (Å²) < 4.78 is 28.0. The SMILES string of the molecule is Cc1nsc(N2CCN(c3ccc([N+](=O)[O-])c(S(C)(=O)=O)c3)CC2)n1. The summed E-state index contributed by atoms with van der Waals surface area (Å²) in [6.45, 7) is 4.62. The molecule has 134 valence electrons. The molecule has 25 heavy (non-hydrogen) atoms. The Balaban J connectivity index is 1.80. The van der Waals surface area contributed by atoms with E-state index in [1.807, 2.05) is 11.8 Å². The summed E-state index contributed by atoms with van der Waals surface area (Å²) in [5.74, 6) is 0.746. The molecule has 0 saturated carbocycles. The number of aryl methyl sites for hydroxylation is 1. The molecule has 0 aliphatic carbocycles. The third-order valence-corrected chi connectivity index (χ3v) is 5.97. The Hall–Kier alpha value is -2.27. The fourth-order valence-corrected chi connectivity index (χ4v) is 4.30. The molecular weight excluding hydrogens is 366 g/mol. The van der Waals surface area contributed by atoms with E-state index in [0.29, 0.717) is 18.8 Å². The van der Waals surface area contributed by atoms with Crippen LogP contribution in [0.25, 0.3) is 0 Å². The molecule has 1 aliphatic rings. The van der Waals surface area contributed by atoms with Crippen LogP contribution in [0.4, 0.5) is 16.5 Å². The molecule has 3 rings (SSSR count). The number of nitro benzene ring substituents is 1. The number of benzene rings is 1. The largest absolute Gasteiger partial charge is 0.368 e. The molecule has 0 bridgehead atoms. The Kier molecular flexibility index (Phi) is 4.60. The highest BCUT2D eigenvalue weighted by Crippen LogP contribution is 2.30. The number of sulfone groups is 1. The zero-order valence-corrected chi connectivity index (χ0v) is 15.4. The number of anilines is 2. The Bertz CT molecular complexity index is 904. The summed E-state index contributed by atoms with van der Waals surface area (Å²) in [5, 5.41) is 11.9. The molecule has 0 spiro atoms. The van der Waals surface area contributed by atoms with E-state index in [-0.39, 0.29) is 4.90 Å². The number of nitro groups is 1. The van der Waals surface area contributed by atoms with Crippen molar-refractivity contribution in [2.45, 2.75) is 11.8 Å². The van der Waals surface area contributed by atoms with Crippen molar-refractivity contribution >= 4 is 37.9 Å². The van der Waals surface area contributed by atoms with Gasteiger partial charge in [-0.15, -0.1) is 0 Å². The summed E-state index contributed by atoms with van der Waals surface area (Å²) in [5.41, 5.74) is 0.272. The van der Waals surface area contributed by atoms with E-state index >= 15 is 0 Å². The molecular formula is C14H17N5O4S2. The molecule has 0 amide bonds. The predicted molar refractivity (Wildman–Crippen MR) is 95.3 cm³/mol. The monoisotopic (exact) mass is 383 g/mol. The Morgan fingerprint density at radius 3 is 2.36 bits per heavy atom. The number of hydrogen-bond donors (Lipinski definition) is 0. The highest BCUT2D eigenvalue weighted by atomic mass is 32.2. The second kappa shape index (κ2) is 6.56. The van der Waals surface area contributed by atoms with E-state index in [4.69, 9.17) is 0 Å². The molecule has 1 fully saturated rings. The van der Waals surface area contributed by atoms with E-state index in [2.05, 4.69) is 14.3 Å². The first-order chi connectivity index (χ1) is 11.8. The zero-order valence-electron chi connectivity index (χ0n) is 13.7. The van der Waals surface area contributed by atoms with E-state index in [0.717, 1.165) is 30.3 Å². The molecule has 11 heteroatoms. The lowest BCUT2D eigenvalue weighted by Gasteiger charge is -2.35. The van der Waals surface area contributed by atoms with Gasteiger partial charge < -0.3 is 9.80 Å². The van der Waals surface area contributed by atoms with Crippen molar-refractivity contribution in [1.82, 2.24) is 9.36 Å². The molecule has 0 atom stereocenters. The predicted octanol–water partition coefficient (Wildman–Crippen LogP) is 1.48. The molecule has 0 radical (unpaired) electrons. The van der Waals surface area contributed by atoms with Crippen LogP contribution in [-0.4, -0.2) is 55.1 Å². The van der Waals surface area contributed by atoms with Gasteiger partial charge in [0.1, 0.15) is 10.7 Å².